The molecule has 0 unspecified atom stereocenters. The van der Waals surface area contributed by atoms with Gasteiger partial charge in [-0.3, -0.25) is 9.59 Å². The molecule has 0 saturated carbocycles. The molecule has 0 aromatic heterocycles. The lowest BCUT2D eigenvalue weighted by Gasteiger charge is -2.26. The van der Waals surface area contributed by atoms with Crippen LogP contribution >= 0.6 is 12.4 Å². The van der Waals surface area contributed by atoms with Gasteiger partial charge >= 0.3 is 0 Å². The van der Waals surface area contributed by atoms with Crippen molar-refractivity contribution in [3.63, 3.8) is 0 Å². The highest BCUT2D eigenvalue weighted by atomic mass is 35.5. The third-order valence-corrected chi connectivity index (χ3v) is 2.60. The first-order valence-electron chi connectivity index (χ1n) is 5.29. The van der Waals surface area contributed by atoms with E-state index in [1.165, 1.54) is 12.1 Å². The summed E-state index contributed by atoms with van der Waals surface area (Å²) in [6, 6.07) is 2.76. The first-order chi connectivity index (χ1) is 8.47. The summed E-state index contributed by atoms with van der Waals surface area (Å²) in [4.78, 5) is 22.5. The molecule has 0 fully saturated rings. The molecule has 0 bridgehead atoms. The van der Waals surface area contributed by atoms with E-state index in [1.807, 2.05) is 0 Å². The summed E-state index contributed by atoms with van der Waals surface area (Å²) in [6.45, 7) is 0. The van der Waals surface area contributed by atoms with Crippen LogP contribution in [-0.2, 0) is 9.59 Å². The lowest BCUT2D eigenvalue weighted by molar-refractivity contribution is -0.125. The van der Waals surface area contributed by atoms with Crippen molar-refractivity contribution in [2.45, 2.75) is 18.6 Å². The molecule has 0 aliphatic carbocycles. The zero-order chi connectivity index (χ0) is 13.3. The molecule has 1 heterocycles. The summed E-state index contributed by atoms with van der Waals surface area (Å²) in [6.07, 6.45) is -1.02. The van der Waals surface area contributed by atoms with Gasteiger partial charge in [-0.2, -0.15) is 0 Å². The molecule has 1 aliphatic rings. The SMILES string of the molecule is Cl.NC(=O)[C@@H](N)C[C@@H]1Oc2cc(F)ccc2NC1=O. The molecule has 104 valence electrons. The second kappa shape index (κ2) is 5.85. The standard InChI is InChI=1S/C11H12FN3O3.ClH/c12-5-1-2-7-8(3-5)18-9(11(17)15-7)4-6(13)10(14)16;/h1-3,6,9H,4,13H2,(H2,14,16)(H,15,17);1H/t6-,9-;/m0./s1. The highest BCUT2D eigenvalue weighted by molar-refractivity contribution is 5.98. The van der Waals surface area contributed by atoms with Crippen LogP contribution in [0.3, 0.4) is 0 Å². The average Bonchev–Trinajstić information content (AvgIpc) is 2.30. The normalized spacial score (nSPS) is 18.4. The Morgan fingerprint density at radius 2 is 2.21 bits per heavy atom. The van der Waals surface area contributed by atoms with Gasteiger partial charge in [0.1, 0.15) is 11.6 Å². The molecule has 19 heavy (non-hydrogen) atoms. The van der Waals surface area contributed by atoms with Crippen molar-refractivity contribution in [3.05, 3.63) is 24.0 Å². The Kier molecular flexibility index (Phi) is 4.68. The van der Waals surface area contributed by atoms with Crippen LogP contribution in [0, 0.1) is 5.82 Å². The lowest BCUT2D eigenvalue weighted by Crippen LogP contribution is -2.45. The Labute approximate surface area is 114 Å². The van der Waals surface area contributed by atoms with Gasteiger partial charge in [-0.15, -0.1) is 12.4 Å². The van der Waals surface area contributed by atoms with E-state index in [9.17, 15) is 14.0 Å². The monoisotopic (exact) mass is 289 g/mol. The second-order valence-corrected chi connectivity index (χ2v) is 3.98. The summed E-state index contributed by atoms with van der Waals surface area (Å²) in [5.41, 5.74) is 10.8. The van der Waals surface area contributed by atoms with E-state index in [2.05, 4.69) is 5.32 Å². The van der Waals surface area contributed by atoms with Crippen LogP contribution in [0.4, 0.5) is 10.1 Å². The van der Waals surface area contributed by atoms with E-state index in [0.717, 1.165) is 6.07 Å². The molecule has 2 rings (SSSR count). The molecule has 0 saturated heterocycles. The molecule has 1 aromatic rings. The van der Waals surface area contributed by atoms with Gasteiger partial charge in [0.05, 0.1) is 11.7 Å². The summed E-state index contributed by atoms with van der Waals surface area (Å²) in [5, 5.41) is 2.54. The van der Waals surface area contributed by atoms with Crippen molar-refractivity contribution >= 4 is 29.9 Å². The minimum atomic E-state index is -0.990. The fourth-order valence-electron chi connectivity index (χ4n) is 1.62. The zero-order valence-corrected chi connectivity index (χ0v) is 10.6. The summed E-state index contributed by atoms with van der Waals surface area (Å²) >= 11 is 0. The Morgan fingerprint density at radius 1 is 1.53 bits per heavy atom. The number of rotatable bonds is 3. The van der Waals surface area contributed by atoms with Crippen molar-refractivity contribution in [2.24, 2.45) is 11.5 Å². The predicted octanol–water partition coefficient (Wildman–Crippen LogP) is 0.150. The van der Waals surface area contributed by atoms with Crippen molar-refractivity contribution in [1.29, 1.82) is 0 Å². The van der Waals surface area contributed by atoms with Crippen LogP contribution in [0.15, 0.2) is 18.2 Å². The molecule has 2 amide bonds. The number of benzene rings is 1. The molecule has 5 N–H and O–H groups in total. The molecule has 6 nitrogen and oxygen atoms in total. The second-order valence-electron chi connectivity index (χ2n) is 3.98. The van der Waals surface area contributed by atoms with Gasteiger partial charge in [0.2, 0.25) is 5.91 Å². The van der Waals surface area contributed by atoms with Crippen molar-refractivity contribution in [1.82, 2.24) is 0 Å². The van der Waals surface area contributed by atoms with Crippen molar-refractivity contribution in [3.8, 4) is 5.75 Å². The summed E-state index contributed by atoms with van der Waals surface area (Å²) in [7, 11) is 0. The highest BCUT2D eigenvalue weighted by Gasteiger charge is 2.30. The van der Waals surface area contributed by atoms with Gasteiger partial charge in [0, 0.05) is 12.5 Å². The third-order valence-electron chi connectivity index (χ3n) is 2.60. The Hall–Kier alpha value is -1.86. The quantitative estimate of drug-likeness (QED) is 0.736. The molecule has 2 atom stereocenters. The van der Waals surface area contributed by atoms with E-state index in [4.69, 9.17) is 16.2 Å². The molecule has 0 radical (unpaired) electrons. The van der Waals surface area contributed by atoms with Crippen LogP contribution in [0.1, 0.15) is 6.42 Å². The summed E-state index contributed by atoms with van der Waals surface area (Å²) < 4.78 is 18.3. The number of nitrogens with one attached hydrogen (secondary N) is 1. The molecule has 1 aliphatic heterocycles. The van der Waals surface area contributed by atoms with E-state index in [0.29, 0.717) is 5.69 Å². The predicted molar refractivity (Wildman–Crippen MR) is 68.5 cm³/mol. The zero-order valence-electron chi connectivity index (χ0n) is 9.76. The molecule has 0 spiro atoms. The first kappa shape index (κ1) is 15.2. The fraction of sp³-hybridized carbons (Fsp3) is 0.273. The number of halogens is 2. The van der Waals surface area contributed by atoms with Crippen molar-refractivity contribution < 1.29 is 18.7 Å². The number of fused-ring (bicyclic) bond motifs is 1. The number of anilines is 1. The number of amides is 2. The maximum Gasteiger partial charge on any atom is 0.265 e. The van der Waals surface area contributed by atoms with Crippen LogP contribution in [0.2, 0.25) is 0 Å². The Bertz CT molecular complexity index is 512. The Morgan fingerprint density at radius 3 is 2.84 bits per heavy atom. The van der Waals surface area contributed by atoms with E-state index in [-0.39, 0.29) is 24.6 Å². The van der Waals surface area contributed by atoms with Gasteiger partial charge in [0.15, 0.2) is 6.10 Å². The number of primary amides is 1. The van der Waals surface area contributed by atoms with E-state index < -0.39 is 29.8 Å². The maximum atomic E-state index is 13.0. The summed E-state index contributed by atoms with van der Waals surface area (Å²) in [5.74, 6) is -1.44. The smallest absolute Gasteiger partial charge is 0.265 e. The molecular formula is C11H13ClFN3O3. The minimum absolute atomic E-state index is 0. The Balaban J connectivity index is 0.00000180. The third kappa shape index (κ3) is 3.33. The van der Waals surface area contributed by atoms with E-state index >= 15 is 0 Å². The molecule has 1 aromatic carbocycles. The number of hydrogen-bond donors (Lipinski definition) is 3. The first-order valence-corrected chi connectivity index (χ1v) is 5.29. The van der Waals surface area contributed by atoms with Crippen LogP contribution in [-0.4, -0.2) is 24.0 Å². The number of hydrogen-bond acceptors (Lipinski definition) is 4. The average molecular weight is 290 g/mol. The lowest BCUT2D eigenvalue weighted by atomic mass is 10.1. The van der Waals surface area contributed by atoms with Crippen LogP contribution in [0.5, 0.6) is 5.75 Å². The van der Waals surface area contributed by atoms with Gasteiger partial charge in [-0.1, -0.05) is 0 Å². The van der Waals surface area contributed by atoms with Gasteiger partial charge < -0.3 is 21.5 Å². The minimum Gasteiger partial charge on any atom is -0.478 e. The van der Waals surface area contributed by atoms with Crippen molar-refractivity contribution in [2.75, 3.05) is 5.32 Å². The number of carbonyl (C=O) groups is 2. The maximum absolute atomic E-state index is 13.0. The number of ether oxygens (including phenoxy) is 1. The molecular weight excluding hydrogens is 277 g/mol. The van der Waals surface area contributed by atoms with Gasteiger partial charge in [-0.05, 0) is 12.1 Å². The topological polar surface area (TPSA) is 107 Å². The largest absolute Gasteiger partial charge is 0.478 e. The number of nitrogens with two attached hydrogens (primary N) is 2. The molecule has 8 heteroatoms. The van der Waals surface area contributed by atoms with Crippen LogP contribution < -0.4 is 21.5 Å². The fourth-order valence-corrected chi connectivity index (χ4v) is 1.62. The van der Waals surface area contributed by atoms with Crippen LogP contribution in [0.25, 0.3) is 0 Å². The van der Waals surface area contributed by atoms with Gasteiger partial charge in [-0.25, -0.2) is 4.39 Å². The van der Waals surface area contributed by atoms with E-state index in [1.54, 1.807) is 0 Å². The highest BCUT2D eigenvalue weighted by Crippen LogP contribution is 2.30. The number of carbonyl (C=O) groups excluding carboxylic acids is 2. The van der Waals surface area contributed by atoms with Gasteiger partial charge in [0.25, 0.3) is 5.91 Å².